The molecule has 1 N–H and O–H groups in total. The number of hydrogen-bond donors (Lipinski definition) is 1. The number of anilines is 1. The summed E-state index contributed by atoms with van der Waals surface area (Å²) in [6.45, 7) is 3.43. The van der Waals surface area contributed by atoms with Crippen molar-refractivity contribution in [1.82, 2.24) is 9.78 Å². The van der Waals surface area contributed by atoms with E-state index in [9.17, 15) is 18.8 Å². The van der Waals surface area contributed by atoms with E-state index in [0.717, 1.165) is 0 Å². The predicted octanol–water partition coefficient (Wildman–Crippen LogP) is 2.74. The lowest BCUT2D eigenvalue weighted by Gasteiger charge is -2.14. The van der Waals surface area contributed by atoms with Crippen molar-refractivity contribution < 1.29 is 18.7 Å². The molecule has 0 aliphatic carbocycles. The molecule has 0 aliphatic heterocycles. The molecule has 28 heavy (non-hydrogen) atoms. The summed E-state index contributed by atoms with van der Waals surface area (Å²) in [5.41, 5.74) is 0.0210. The van der Waals surface area contributed by atoms with Gasteiger partial charge in [0.15, 0.2) is 11.8 Å². The van der Waals surface area contributed by atoms with Gasteiger partial charge in [-0.05, 0) is 44.2 Å². The number of esters is 1. The smallest absolute Gasteiger partial charge is 0.360 e. The van der Waals surface area contributed by atoms with Crippen LogP contribution in [0.3, 0.4) is 0 Å². The summed E-state index contributed by atoms with van der Waals surface area (Å²) >= 11 is 0. The highest BCUT2D eigenvalue weighted by atomic mass is 19.1. The Morgan fingerprint density at radius 2 is 1.79 bits per heavy atom. The number of benzene rings is 2. The largest absolute Gasteiger partial charge is 0.448 e. The van der Waals surface area contributed by atoms with Crippen LogP contribution in [0.4, 0.5) is 10.1 Å². The van der Waals surface area contributed by atoms with Crippen molar-refractivity contribution >= 4 is 28.3 Å². The lowest BCUT2D eigenvalue weighted by Crippen LogP contribution is -2.31. The molecule has 144 valence electrons. The van der Waals surface area contributed by atoms with Crippen molar-refractivity contribution in [3.05, 3.63) is 70.4 Å². The Morgan fingerprint density at radius 3 is 2.43 bits per heavy atom. The van der Waals surface area contributed by atoms with Crippen molar-refractivity contribution in [3.8, 4) is 0 Å². The first-order chi connectivity index (χ1) is 13.4. The zero-order valence-electron chi connectivity index (χ0n) is 15.3. The van der Waals surface area contributed by atoms with Crippen LogP contribution in [0.25, 0.3) is 10.8 Å². The van der Waals surface area contributed by atoms with Crippen LogP contribution in [-0.2, 0) is 16.1 Å². The van der Waals surface area contributed by atoms with E-state index in [1.807, 2.05) is 0 Å². The van der Waals surface area contributed by atoms with Gasteiger partial charge in [-0.15, -0.1) is 0 Å². The first-order valence-electron chi connectivity index (χ1n) is 8.68. The van der Waals surface area contributed by atoms with E-state index < -0.39 is 23.8 Å². The number of carbonyl (C=O) groups excluding carboxylic acids is 2. The summed E-state index contributed by atoms with van der Waals surface area (Å²) in [7, 11) is 0. The third-order valence-electron chi connectivity index (χ3n) is 4.13. The molecule has 8 heteroatoms. The van der Waals surface area contributed by atoms with E-state index in [0.29, 0.717) is 16.5 Å². The topological polar surface area (TPSA) is 90.3 Å². The molecule has 0 bridgehead atoms. The van der Waals surface area contributed by atoms with Gasteiger partial charge in [0.05, 0.1) is 5.39 Å². The number of aromatic nitrogens is 2. The number of amides is 1. The number of aryl methyl sites for hydroxylation is 1. The molecule has 1 aromatic heterocycles. The van der Waals surface area contributed by atoms with Gasteiger partial charge >= 0.3 is 5.97 Å². The highest BCUT2D eigenvalue weighted by Gasteiger charge is 2.23. The zero-order chi connectivity index (χ0) is 20.3. The Morgan fingerprint density at radius 1 is 1.14 bits per heavy atom. The molecule has 1 atom stereocenters. The summed E-state index contributed by atoms with van der Waals surface area (Å²) in [5, 5.41) is 7.31. The van der Waals surface area contributed by atoms with E-state index in [1.54, 1.807) is 31.2 Å². The molecule has 0 fully saturated rings. The van der Waals surface area contributed by atoms with Gasteiger partial charge in [0.1, 0.15) is 5.82 Å². The Hall–Kier alpha value is -3.55. The Kier molecular flexibility index (Phi) is 5.49. The normalized spacial score (nSPS) is 11.8. The molecule has 0 saturated carbocycles. The van der Waals surface area contributed by atoms with E-state index in [1.165, 1.54) is 35.9 Å². The fourth-order valence-electron chi connectivity index (χ4n) is 2.65. The second-order valence-electron chi connectivity index (χ2n) is 6.06. The summed E-state index contributed by atoms with van der Waals surface area (Å²) in [6.07, 6.45) is -1.12. The Labute approximate surface area is 159 Å². The van der Waals surface area contributed by atoms with E-state index >= 15 is 0 Å². The van der Waals surface area contributed by atoms with Gasteiger partial charge in [0, 0.05) is 17.6 Å². The van der Waals surface area contributed by atoms with Gasteiger partial charge in [0.25, 0.3) is 11.5 Å². The highest BCUT2D eigenvalue weighted by Crippen LogP contribution is 2.16. The Balaban J connectivity index is 1.82. The summed E-state index contributed by atoms with van der Waals surface area (Å²) < 4.78 is 19.4. The van der Waals surface area contributed by atoms with Crippen LogP contribution in [0.15, 0.2) is 53.3 Å². The van der Waals surface area contributed by atoms with Crippen molar-refractivity contribution in [2.75, 3.05) is 5.32 Å². The maximum atomic E-state index is 12.9. The fourth-order valence-corrected chi connectivity index (χ4v) is 2.65. The standard InChI is InChI=1S/C20H18FN3O4/c1-3-24-19(26)16-7-5-4-6-15(16)17(23-24)20(27)28-12(2)18(25)22-14-10-8-13(21)9-11-14/h4-12H,3H2,1-2H3,(H,22,25)/t12-/m0/s1. The van der Waals surface area contributed by atoms with Gasteiger partial charge in [0.2, 0.25) is 0 Å². The van der Waals surface area contributed by atoms with Crippen LogP contribution < -0.4 is 10.9 Å². The molecule has 0 aliphatic rings. The lowest BCUT2D eigenvalue weighted by atomic mass is 10.1. The minimum absolute atomic E-state index is 0.0431. The summed E-state index contributed by atoms with van der Waals surface area (Å²) in [5.74, 6) is -1.82. The molecule has 0 saturated heterocycles. The van der Waals surface area contributed by atoms with E-state index in [-0.39, 0.29) is 17.8 Å². The van der Waals surface area contributed by atoms with Crippen molar-refractivity contribution in [2.45, 2.75) is 26.5 Å². The van der Waals surface area contributed by atoms with Crippen LogP contribution in [0.1, 0.15) is 24.3 Å². The monoisotopic (exact) mass is 383 g/mol. The quantitative estimate of drug-likeness (QED) is 0.684. The number of ether oxygens (including phenoxy) is 1. The molecular weight excluding hydrogens is 365 g/mol. The first kappa shape index (κ1) is 19.2. The summed E-state index contributed by atoms with van der Waals surface area (Å²) in [4.78, 5) is 37.2. The number of carbonyl (C=O) groups is 2. The number of halogens is 1. The number of fused-ring (bicyclic) bond motifs is 1. The van der Waals surface area contributed by atoms with Gasteiger partial charge in [-0.25, -0.2) is 13.9 Å². The van der Waals surface area contributed by atoms with Gasteiger partial charge < -0.3 is 10.1 Å². The molecule has 0 unspecified atom stereocenters. The van der Waals surface area contributed by atoms with Crippen LogP contribution in [0.5, 0.6) is 0 Å². The van der Waals surface area contributed by atoms with Gasteiger partial charge in [-0.3, -0.25) is 9.59 Å². The molecule has 2 aromatic carbocycles. The van der Waals surface area contributed by atoms with Crippen molar-refractivity contribution in [3.63, 3.8) is 0 Å². The minimum atomic E-state index is -1.12. The first-order valence-corrected chi connectivity index (χ1v) is 8.68. The van der Waals surface area contributed by atoms with Gasteiger partial charge in [-0.1, -0.05) is 18.2 Å². The van der Waals surface area contributed by atoms with Crippen LogP contribution in [-0.4, -0.2) is 27.8 Å². The number of rotatable bonds is 5. The second kappa shape index (κ2) is 7.99. The molecule has 3 rings (SSSR count). The van der Waals surface area contributed by atoms with Crippen LogP contribution >= 0.6 is 0 Å². The molecule has 7 nitrogen and oxygen atoms in total. The molecule has 0 radical (unpaired) electrons. The zero-order valence-corrected chi connectivity index (χ0v) is 15.3. The summed E-state index contributed by atoms with van der Waals surface area (Å²) in [6, 6.07) is 11.8. The molecule has 0 spiro atoms. The highest BCUT2D eigenvalue weighted by molar-refractivity contribution is 6.03. The molecule has 3 aromatic rings. The van der Waals surface area contributed by atoms with Crippen molar-refractivity contribution in [1.29, 1.82) is 0 Å². The van der Waals surface area contributed by atoms with Crippen LogP contribution in [0.2, 0.25) is 0 Å². The third kappa shape index (κ3) is 3.90. The predicted molar refractivity (Wildman–Crippen MR) is 102 cm³/mol. The number of nitrogens with one attached hydrogen (secondary N) is 1. The second-order valence-corrected chi connectivity index (χ2v) is 6.06. The average molecular weight is 383 g/mol. The third-order valence-corrected chi connectivity index (χ3v) is 4.13. The Bertz CT molecular complexity index is 1090. The maximum Gasteiger partial charge on any atom is 0.360 e. The van der Waals surface area contributed by atoms with Crippen molar-refractivity contribution in [2.24, 2.45) is 0 Å². The minimum Gasteiger partial charge on any atom is -0.448 e. The fraction of sp³-hybridized carbons (Fsp3) is 0.200. The molecule has 1 heterocycles. The van der Waals surface area contributed by atoms with E-state index in [2.05, 4.69) is 10.4 Å². The van der Waals surface area contributed by atoms with Gasteiger partial charge in [-0.2, -0.15) is 5.10 Å². The maximum absolute atomic E-state index is 12.9. The molecule has 1 amide bonds. The SMILES string of the molecule is CCn1nc(C(=O)O[C@@H](C)C(=O)Nc2ccc(F)cc2)c2ccccc2c1=O. The van der Waals surface area contributed by atoms with E-state index in [4.69, 9.17) is 4.74 Å². The number of hydrogen-bond acceptors (Lipinski definition) is 5. The lowest BCUT2D eigenvalue weighted by molar-refractivity contribution is -0.123. The van der Waals surface area contributed by atoms with Crippen LogP contribution in [0, 0.1) is 5.82 Å². The number of nitrogens with zero attached hydrogens (tertiary/aromatic N) is 2. The average Bonchev–Trinajstić information content (AvgIpc) is 2.70. The molecular formula is C20H18FN3O4.